The zero-order valence-electron chi connectivity index (χ0n) is 21.2. The second kappa shape index (κ2) is 12.3. The second-order valence-electron chi connectivity index (χ2n) is 8.90. The van der Waals surface area contributed by atoms with Crippen LogP contribution in [0.3, 0.4) is 0 Å². The molecule has 1 saturated heterocycles. The summed E-state index contributed by atoms with van der Waals surface area (Å²) >= 11 is 0. The van der Waals surface area contributed by atoms with Gasteiger partial charge in [-0.25, -0.2) is 4.39 Å². The van der Waals surface area contributed by atoms with E-state index in [0.29, 0.717) is 42.4 Å². The van der Waals surface area contributed by atoms with E-state index in [9.17, 15) is 14.0 Å². The number of hydrogen-bond acceptors (Lipinski definition) is 7. The average molecular weight is 530 g/mol. The Morgan fingerprint density at radius 1 is 0.974 bits per heavy atom. The molecule has 0 spiro atoms. The summed E-state index contributed by atoms with van der Waals surface area (Å²) in [5.74, 6) is 0.157. The Morgan fingerprint density at radius 3 is 2.41 bits per heavy atom. The minimum atomic E-state index is -0.486. The maximum atomic E-state index is 13.5. The summed E-state index contributed by atoms with van der Waals surface area (Å²) in [5.41, 5.74) is 1.13. The highest BCUT2D eigenvalue weighted by Gasteiger charge is 2.16. The highest BCUT2D eigenvalue weighted by molar-refractivity contribution is 5.94. The normalized spacial score (nSPS) is 13.6. The number of aromatic nitrogens is 2. The standard InChI is InChI=1S/C29H28FN5O4/c30-22-8-12-24(13-9-22)35-29(37)27(26(20-32-35)39-25-4-2-1-3-5-25)33-23-10-6-21(7-11-23)28(36)31-14-15-34-16-18-38-19-17-34/h1-13,20,33H,14-19H2,(H,31,36). The Balaban J connectivity index is 1.34. The molecule has 10 heteroatoms. The number of hydrogen-bond donors (Lipinski definition) is 2. The summed E-state index contributed by atoms with van der Waals surface area (Å²) in [6.45, 7) is 4.47. The highest BCUT2D eigenvalue weighted by Crippen LogP contribution is 2.29. The Labute approximate surface area is 224 Å². The predicted octanol–water partition coefficient (Wildman–Crippen LogP) is 3.97. The number of para-hydroxylation sites is 1. The molecule has 4 aromatic rings. The number of morpholine rings is 1. The van der Waals surface area contributed by atoms with Crippen LogP contribution in [0, 0.1) is 5.82 Å². The van der Waals surface area contributed by atoms with Gasteiger partial charge >= 0.3 is 0 Å². The van der Waals surface area contributed by atoms with Gasteiger partial charge in [-0.2, -0.15) is 9.78 Å². The van der Waals surface area contributed by atoms with Crippen molar-refractivity contribution in [1.29, 1.82) is 0 Å². The summed E-state index contributed by atoms with van der Waals surface area (Å²) < 4.78 is 25.9. The van der Waals surface area contributed by atoms with E-state index in [1.807, 2.05) is 18.2 Å². The predicted molar refractivity (Wildman–Crippen MR) is 146 cm³/mol. The molecule has 9 nitrogen and oxygen atoms in total. The number of nitrogens with one attached hydrogen (secondary N) is 2. The third kappa shape index (κ3) is 6.67. The first kappa shape index (κ1) is 26.1. The molecular formula is C29H28FN5O4. The third-order valence-corrected chi connectivity index (χ3v) is 6.22. The number of carbonyl (C=O) groups is 1. The molecular weight excluding hydrogens is 501 g/mol. The lowest BCUT2D eigenvalue weighted by atomic mass is 10.2. The van der Waals surface area contributed by atoms with Gasteiger partial charge in [0, 0.05) is 37.4 Å². The lowest BCUT2D eigenvalue weighted by Crippen LogP contribution is -2.41. The molecule has 200 valence electrons. The average Bonchev–Trinajstić information content (AvgIpc) is 2.97. The first-order valence-electron chi connectivity index (χ1n) is 12.6. The van der Waals surface area contributed by atoms with E-state index in [2.05, 4.69) is 20.6 Å². The zero-order chi connectivity index (χ0) is 27.0. The van der Waals surface area contributed by atoms with Crippen molar-refractivity contribution in [3.8, 4) is 17.2 Å². The van der Waals surface area contributed by atoms with Crippen molar-refractivity contribution in [2.75, 3.05) is 44.7 Å². The first-order chi connectivity index (χ1) is 19.1. The van der Waals surface area contributed by atoms with Gasteiger partial charge in [0.05, 0.1) is 25.1 Å². The lowest BCUT2D eigenvalue weighted by molar-refractivity contribution is 0.0383. The number of benzene rings is 3. The van der Waals surface area contributed by atoms with Gasteiger partial charge in [0.2, 0.25) is 0 Å². The van der Waals surface area contributed by atoms with Crippen molar-refractivity contribution >= 4 is 17.3 Å². The smallest absolute Gasteiger partial charge is 0.299 e. The van der Waals surface area contributed by atoms with Crippen LogP contribution in [0.25, 0.3) is 5.69 Å². The Kier molecular flexibility index (Phi) is 8.25. The lowest BCUT2D eigenvalue weighted by Gasteiger charge is -2.26. The molecule has 1 fully saturated rings. The number of nitrogens with zero attached hydrogens (tertiary/aromatic N) is 3. The monoisotopic (exact) mass is 529 g/mol. The van der Waals surface area contributed by atoms with Crippen LogP contribution in [0.5, 0.6) is 11.5 Å². The van der Waals surface area contributed by atoms with E-state index in [0.717, 1.165) is 24.3 Å². The van der Waals surface area contributed by atoms with Crippen molar-refractivity contribution in [3.63, 3.8) is 0 Å². The Hall–Kier alpha value is -4.54. The molecule has 1 aliphatic rings. The van der Waals surface area contributed by atoms with E-state index in [4.69, 9.17) is 9.47 Å². The van der Waals surface area contributed by atoms with Crippen LogP contribution in [0.15, 0.2) is 89.9 Å². The molecule has 0 radical (unpaired) electrons. The van der Waals surface area contributed by atoms with Gasteiger partial charge in [-0.05, 0) is 60.7 Å². The van der Waals surface area contributed by atoms with Crippen molar-refractivity contribution in [3.05, 3.63) is 107 Å². The fourth-order valence-electron chi connectivity index (χ4n) is 4.12. The minimum absolute atomic E-state index is 0.140. The van der Waals surface area contributed by atoms with Crippen LogP contribution >= 0.6 is 0 Å². The Bertz CT molecular complexity index is 1450. The first-order valence-corrected chi connectivity index (χ1v) is 12.6. The highest BCUT2D eigenvalue weighted by atomic mass is 19.1. The maximum Gasteiger partial charge on any atom is 0.299 e. The third-order valence-electron chi connectivity index (χ3n) is 6.22. The molecule has 5 rings (SSSR count). The van der Waals surface area contributed by atoms with Gasteiger partial charge in [0.15, 0.2) is 11.4 Å². The number of carbonyl (C=O) groups excluding carboxylic acids is 1. The fourth-order valence-corrected chi connectivity index (χ4v) is 4.12. The van der Waals surface area contributed by atoms with Crippen molar-refractivity contribution in [2.45, 2.75) is 0 Å². The van der Waals surface area contributed by atoms with Crippen molar-refractivity contribution < 1.29 is 18.7 Å². The van der Waals surface area contributed by atoms with Gasteiger partial charge in [-0.3, -0.25) is 14.5 Å². The molecule has 1 aromatic heterocycles. The van der Waals surface area contributed by atoms with E-state index < -0.39 is 11.4 Å². The van der Waals surface area contributed by atoms with Crippen LogP contribution in [0.1, 0.15) is 10.4 Å². The number of halogens is 1. The van der Waals surface area contributed by atoms with Gasteiger partial charge in [-0.1, -0.05) is 18.2 Å². The van der Waals surface area contributed by atoms with Gasteiger partial charge in [-0.15, -0.1) is 0 Å². The van der Waals surface area contributed by atoms with Gasteiger partial charge in [0.1, 0.15) is 11.6 Å². The minimum Gasteiger partial charge on any atom is -0.453 e. The van der Waals surface area contributed by atoms with E-state index >= 15 is 0 Å². The van der Waals surface area contributed by atoms with E-state index in [1.54, 1.807) is 36.4 Å². The molecule has 2 N–H and O–H groups in total. The van der Waals surface area contributed by atoms with Crippen LogP contribution in [0.2, 0.25) is 0 Å². The number of amides is 1. The molecule has 0 atom stereocenters. The quantitative estimate of drug-likeness (QED) is 0.339. The van der Waals surface area contributed by atoms with Gasteiger partial charge in [0.25, 0.3) is 11.5 Å². The van der Waals surface area contributed by atoms with Gasteiger partial charge < -0.3 is 20.1 Å². The summed E-state index contributed by atoms with van der Waals surface area (Å²) in [6, 6.07) is 21.3. The van der Waals surface area contributed by atoms with E-state index in [-0.39, 0.29) is 17.3 Å². The summed E-state index contributed by atoms with van der Waals surface area (Å²) in [6.07, 6.45) is 1.43. The zero-order valence-corrected chi connectivity index (χ0v) is 21.2. The molecule has 3 aromatic carbocycles. The second-order valence-corrected chi connectivity index (χ2v) is 8.90. The van der Waals surface area contributed by atoms with Crippen LogP contribution in [-0.4, -0.2) is 60.0 Å². The summed E-state index contributed by atoms with van der Waals surface area (Å²) in [5, 5.41) is 10.3. The summed E-state index contributed by atoms with van der Waals surface area (Å²) in [4.78, 5) is 28.3. The number of anilines is 2. The fraction of sp³-hybridized carbons (Fsp3) is 0.207. The van der Waals surface area contributed by atoms with Crippen LogP contribution < -0.4 is 20.9 Å². The van der Waals surface area contributed by atoms with Crippen molar-refractivity contribution in [1.82, 2.24) is 20.0 Å². The SMILES string of the molecule is O=C(NCCN1CCOCC1)c1ccc(Nc2c(Oc3ccccc3)cnn(-c3ccc(F)cc3)c2=O)cc1. The molecule has 0 bridgehead atoms. The molecule has 0 saturated carbocycles. The maximum absolute atomic E-state index is 13.5. The molecule has 1 aliphatic heterocycles. The summed E-state index contributed by atoms with van der Waals surface area (Å²) in [7, 11) is 0. The van der Waals surface area contributed by atoms with E-state index in [1.165, 1.54) is 30.5 Å². The molecule has 39 heavy (non-hydrogen) atoms. The van der Waals surface area contributed by atoms with Crippen LogP contribution in [0.4, 0.5) is 15.8 Å². The topological polar surface area (TPSA) is 97.7 Å². The van der Waals surface area contributed by atoms with Crippen molar-refractivity contribution in [2.24, 2.45) is 0 Å². The Morgan fingerprint density at radius 2 is 1.69 bits per heavy atom. The largest absolute Gasteiger partial charge is 0.453 e. The molecule has 0 unspecified atom stereocenters. The number of ether oxygens (including phenoxy) is 2. The molecule has 0 aliphatic carbocycles. The number of rotatable bonds is 9. The molecule has 2 heterocycles. The van der Waals surface area contributed by atoms with Crippen LogP contribution in [-0.2, 0) is 4.74 Å². The molecule has 1 amide bonds.